The van der Waals surface area contributed by atoms with E-state index in [-0.39, 0.29) is 18.4 Å². The Kier molecular flexibility index (Phi) is 4.93. The Morgan fingerprint density at radius 3 is 2.68 bits per heavy atom. The first kappa shape index (κ1) is 17.3. The molecule has 1 fully saturated rings. The third kappa shape index (κ3) is 4.50. The molecule has 134 valence electrons. The molecule has 3 rings (SSSR count). The molecule has 9 heteroatoms. The lowest BCUT2D eigenvalue weighted by atomic mass is 10.2. The highest BCUT2D eigenvalue weighted by Crippen LogP contribution is 2.27. The van der Waals surface area contributed by atoms with Crippen LogP contribution in [0.1, 0.15) is 12.8 Å². The van der Waals surface area contributed by atoms with E-state index < -0.39 is 6.36 Å². The number of hydrogen-bond donors (Lipinski definition) is 2. The van der Waals surface area contributed by atoms with E-state index in [4.69, 9.17) is 0 Å². The van der Waals surface area contributed by atoms with Gasteiger partial charge in [0.05, 0.1) is 12.6 Å². The lowest BCUT2D eigenvalue weighted by Crippen LogP contribution is -2.32. The van der Waals surface area contributed by atoms with Crippen molar-refractivity contribution in [3.05, 3.63) is 36.7 Å². The van der Waals surface area contributed by atoms with Crippen molar-refractivity contribution in [2.75, 3.05) is 23.4 Å². The fourth-order valence-corrected chi connectivity index (χ4v) is 2.79. The fraction of sp³-hybridized carbons (Fsp3) is 0.375. The minimum absolute atomic E-state index is 0.0431. The van der Waals surface area contributed by atoms with Gasteiger partial charge in [0.1, 0.15) is 23.7 Å². The summed E-state index contributed by atoms with van der Waals surface area (Å²) in [5.74, 6) is 0.924. The van der Waals surface area contributed by atoms with Crippen molar-refractivity contribution in [2.45, 2.75) is 25.2 Å². The summed E-state index contributed by atoms with van der Waals surface area (Å²) >= 11 is 0. The summed E-state index contributed by atoms with van der Waals surface area (Å²) in [5, 5.41) is 12.4. The highest BCUT2D eigenvalue weighted by molar-refractivity contribution is 5.60. The number of ether oxygens (including phenoxy) is 1. The summed E-state index contributed by atoms with van der Waals surface area (Å²) in [6.07, 6.45) is -1.41. The summed E-state index contributed by atoms with van der Waals surface area (Å²) in [6, 6.07) is 7.17. The predicted octanol–water partition coefficient (Wildman–Crippen LogP) is 3.08. The second-order valence-corrected chi connectivity index (χ2v) is 5.63. The van der Waals surface area contributed by atoms with E-state index in [0.29, 0.717) is 17.3 Å². The van der Waals surface area contributed by atoms with E-state index in [0.717, 1.165) is 19.4 Å². The molecule has 0 amide bonds. The van der Waals surface area contributed by atoms with Crippen LogP contribution in [0.5, 0.6) is 5.75 Å². The Hall–Kier alpha value is -2.55. The number of halogens is 3. The monoisotopic (exact) mass is 354 g/mol. The summed E-state index contributed by atoms with van der Waals surface area (Å²) in [4.78, 5) is 10.4. The maximum absolute atomic E-state index is 12.2. The lowest BCUT2D eigenvalue weighted by Gasteiger charge is -2.24. The number of benzene rings is 1. The highest BCUT2D eigenvalue weighted by Gasteiger charge is 2.31. The number of aliphatic hydroxyl groups is 1. The molecule has 0 spiro atoms. The Morgan fingerprint density at radius 2 is 2.00 bits per heavy atom. The molecule has 1 aliphatic rings. The third-order valence-electron chi connectivity index (χ3n) is 3.90. The normalized spacial score (nSPS) is 17.6. The van der Waals surface area contributed by atoms with Crippen LogP contribution in [0.3, 0.4) is 0 Å². The first-order valence-corrected chi connectivity index (χ1v) is 7.77. The molecule has 1 aromatic carbocycles. The summed E-state index contributed by atoms with van der Waals surface area (Å²) in [6.45, 7) is 0.874. The van der Waals surface area contributed by atoms with E-state index in [1.807, 2.05) is 4.90 Å². The number of nitrogens with one attached hydrogen (secondary N) is 1. The number of nitrogens with zero attached hydrogens (tertiary/aromatic N) is 3. The van der Waals surface area contributed by atoms with Gasteiger partial charge >= 0.3 is 6.36 Å². The molecule has 25 heavy (non-hydrogen) atoms. The summed E-state index contributed by atoms with van der Waals surface area (Å²) in [7, 11) is 0. The Labute approximate surface area is 142 Å². The van der Waals surface area contributed by atoms with Gasteiger partial charge in [-0.1, -0.05) is 0 Å². The van der Waals surface area contributed by atoms with Gasteiger partial charge in [0.2, 0.25) is 0 Å². The quantitative estimate of drug-likeness (QED) is 0.860. The van der Waals surface area contributed by atoms with Gasteiger partial charge in [-0.2, -0.15) is 0 Å². The molecule has 1 aromatic heterocycles. The molecule has 2 aromatic rings. The number of aliphatic hydroxyl groups excluding tert-OH is 1. The SMILES string of the molecule is OCC1CCCN1c1cc(Nc2ccc(OC(F)(F)F)cc2)ncn1. The van der Waals surface area contributed by atoms with Crippen LogP contribution in [0.2, 0.25) is 0 Å². The molecule has 1 saturated heterocycles. The molecule has 1 atom stereocenters. The van der Waals surface area contributed by atoms with Gasteiger partial charge < -0.3 is 20.1 Å². The number of hydrogen-bond acceptors (Lipinski definition) is 6. The minimum atomic E-state index is -4.71. The van der Waals surface area contributed by atoms with Gasteiger partial charge in [-0.05, 0) is 37.1 Å². The first-order chi connectivity index (χ1) is 11.9. The number of anilines is 3. The molecule has 6 nitrogen and oxygen atoms in total. The molecule has 0 radical (unpaired) electrons. The Balaban J connectivity index is 1.70. The van der Waals surface area contributed by atoms with Crippen molar-refractivity contribution < 1.29 is 23.0 Å². The molecule has 2 N–H and O–H groups in total. The topological polar surface area (TPSA) is 70.5 Å². The molecular weight excluding hydrogens is 337 g/mol. The van der Waals surface area contributed by atoms with Crippen LogP contribution in [0.25, 0.3) is 0 Å². The molecule has 0 bridgehead atoms. The average molecular weight is 354 g/mol. The Bertz CT molecular complexity index is 709. The van der Waals surface area contributed by atoms with E-state index >= 15 is 0 Å². The van der Waals surface area contributed by atoms with Crippen LogP contribution >= 0.6 is 0 Å². The van der Waals surface area contributed by atoms with E-state index in [1.165, 1.54) is 30.6 Å². The zero-order valence-electron chi connectivity index (χ0n) is 13.2. The number of rotatable bonds is 5. The standard InChI is InChI=1S/C16H17F3N4O2/c17-16(18,19)25-13-5-3-11(4-6-13)22-14-8-15(21-10-20-14)23-7-1-2-12(23)9-24/h3-6,8,10,12,24H,1-2,7,9H2,(H,20,21,22). The van der Waals surface area contributed by atoms with Gasteiger partial charge in [-0.3, -0.25) is 0 Å². The van der Waals surface area contributed by atoms with Gasteiger partial charge in [-0.25, -0.2) is 9.97 Å². The molecule has 2 heterocycles. The van der Waals surface area contributed by atoms with Crippen molar-refractivity contribution in [3.63, 3.8) is 0 Å². The largest absolute Gasteiger partial charge is 0.573 e. The highest BCUT2D eigenvalue weighted by atomic mass is 19.4. The average Bonchev–Trinajstić information content (AvgIpc) is 3.04. The van der Waals surface area contributed by atoms with Crippen LogP contribution in [-0.4, -0.2) is 40.6 Å². The van der Waals surface area contributed by atoms with E-state index in [2.05, 4.69) is 20.0 Å². The van der Waals surface area contributed by atoms with Gasteiger partial charge in [0.25, 0.3) is 0 Å². The molecule has 1 aliphatic heterocycles. The third-order valence-corrected chi connectivity index (χ3v) is 3.90. The molecule has 1 unspecified atom stereocenters. The minimum Gasteiger partial charge on any atom is -0.406 e. The second kappa shape index (κ2) is 7.14. The van der Waals surface area contributed by atoms with Crippen molar-refractivity contribution >= 4 is 17.3 Å². The Morgan fingerprint density at radius 1 is 1.24 bits per heavy atom. The van der Waals surface area contributed by atoms with E-state index in [1.54, 1.807) is 6.07 Å². The molecule has 0 aliphatic carbocycles. The molecular formula is C16H17F3N4O2. The van der Waals surface area contributed by atoms with Crippen LogP contribution < -0.4 is 15.0 Å². The van der Waals surface area contributed by atoms with Crippen LogP contribution in [0, 0.1) is 0 Å². The zero-order chi connectivity index (χ0) is 17.9. The van der Waals surface area contributed by atoms with Gasteiger partial charge in [0.15, 0.2) is 0 Å². The van der Waals surface area contributed by atoms with Crippen LogP contribution in [0.4, 0.5) is 30.5 Å². The predicted molar refractivity (Wildman–Crippen MR) is 85.9 cm³/mol. The summed E-state index contributed by atoms with van der Waals surface area (Å²) in [5.41, 5.74) is 0.569. The summed E-state index contributed by atoms with van der Waals surface area (Å²) < 4.78 is 40.3. The fourth-order valence-electron chi connectivity index (χ4n) is 2.79. The van der Waals surface area contributed by atoms with Crippen LogP contribution in [0.15, 0.2) is 36.7 Å². The first-order valence-electron chi connectivity index (χ1n) is 7.77. The van der Waals surface area contributed by atoms with Crippen molar-refractivity contribution in [1.82, 2.24) is 9.97 Å². The van der Waals surface area contributed by atoms with Gasteiger partial charge in [0, 0.05) is 18.3 Å². The van der Waals surface area contributed by atoms with Gasteiger partial charge in [-0.15, -0.1) is 13.2 Å². The molecule has 0 saturated carbocycles. The van der Waals surface area contributed by atoms with Crippen molar-refractivity contribution in [3.8, 4) is 5.75 Å². The van der Waals surface area contributed by atoms with Crippen molar-refractivity contribution in [2.24, 2.45) is 0 Å². The maximum Gasteiger partial charge on any atom is 0.573 e. The van der Waals surface area contributed by atoms with Crippen LogP contribution in [-0.2, 0) is 0 Å². The second-order valence-electron chi connectivity index (χ2n) is 5.63. The number of aromatic nitrogens is 2. The maximum atomic E-state index is 12.2. The zero-order valence-corrected chi connectivity index (χ0v) is 13.2. The smallest absolute Gasteiger partial charge is 0.406 e. The van der Waals surface area contributed by atoms with Crippen molar-refractivity contribution in [1.29, 1.82) is 0 Å². The number of alkyl halides is 3. The van der Waals surface area contributed by atoms with E-state index in [9.17, 15) is 18.3 Å². The lowest BCUT2D eigenvalue weighted by molar-refractivity contribution is -0.274.